The van der Waals surface area contributed by atoms with Gasteiger partial charge in [-0.25, -0.2) is 0 Å². The molecule has 0 heterocycles. The minimum absolute atomic E-state index is 0.0686. The van der Waals surface area contributed by atoms with Crippen LogP contribution >= 0.6 is 0 Å². The van der Waals surface area contributed by atoms with Crippen LogP contribution in [-0.4, -0.2) is 42.5 Å². The van der Waals surface area contributed by atoms with Crippen molar-refractivity contribution in [2.75, 3.05) is 20.1 Å². The number of amides is 1. The Bertz CT molecular complexity index is 222. The maximum absolute atomic E-state index is 11.6. The monoisotopic (exact) mass is 213 g/mol. The summed E-state index contributed by atoms with van der Waals surface area (Å²) in [5.41, 5.74) is 5.67. The molecule has 1 aliphatic carbocycles. The molecular weight excluding hydrogens is 190 g/mol. The van der Waals surface area contributed by atoms with Crippen LogP contribution in [0.25, 0.3) is 0 Å². The van der Waals surface area contributed by atoms with Gasteiger partial charge < -0.3 is 11.1 Å². The fourth-order valence-corrected chi connectivity index (χ4v) is 1.48. The van der Waals surface area contributed by atoms with Gasteiger partial charge in [-0.3, -0.25) is 9.69 Å². The zero-order chi connectivity index (χ0) is 11.5. The maximum atomic E-state index is 11.6. The summed E-state index contributed by atoms with van der Waals surface area (Å²) in [4.78, 5) is 13.6. The van der Waals surface area contributed by atoms with E-state index in [0.29, 0.717) is 19.1 Å². The topological polar surface area (TPSA) is 58.4 Å². The fourth-order valence-electron chi connectivity index (χ4n) is 1.48. The lowest BCUT2D eigenvalue weighted by Gasteiger charge is -2.36. The van der Waals surface area contributed by atoms with Crippen LogP contribution in [0.2, 0.25) is 0 Å². The minimum Gasteiger partial charge on any atom is -0.352 e. The second kappa shape index (κ2) is 4.94. The highest BCUT2D eigenvalue weighted by atomic mass is 16.2. The molecule has 4 heteroatoms. The number of hydrogen-bond acceptors (Lipinski definition) is 3. The fraction of sp³-hybridized carbons (Fsp3) is 0.909. The van der Waals surface area contributed by atoms with E-state index in [4.69, 9.17) is 5.73 Å². The van der Waals surface area contributed by atoms with E-state index in [1.54, 1.807) is 0 Å². The van der Waals surface area contributed by atoms with Crippen molar-refractivity contribution >= 4 is 5.91 Å². The highest BCUT2D eigenvalue weighted by molar-refractivity contribution is 5.78. The van der Waals surface area contributed by atoms with Crippen LogP contribution in [0.4, 0.5) is 0 Å². The zero-order valence-corrected chi connectivity index (χ0v) is 10.0. The summed E-state index contributed by atoms with van der Waals surface area (Å²) in [6.07, 6.45) is 3.23. The first-order valence-corrected chi connectivity index (χ1v) is 5.72. The van der Waals surface area contributed by atoms with Crippen molar-refractivity contribution in [3.63, 3.8) is 0 Å². The molecule has 0 aromatic carbocycles. The molecule has 1 rings (SSSR count). The Morgan fingerprint density at radius 1 is 1.60 bits per heavy atom. The molecule has 1 fully saturated rings. The third kappa shape index (κ3) is 3.47. The second-order valence-electron chi connectivity index (χ2n) is 4.75. The Morgan fingerprint density at radius 2 is 2.20 bits per heavy atom. The van der Waals surface area contributed by atoms with E-state index in [9.17, 15) is 4.79 Å². The summed E-state index contributed by atoms with van der Waals surface area (Å²) >= 11 is 0. The van der Waals surface area contributed by atoms with E-state index in [2.05, 4.69) is 19.2 Å². The molecule has 0 saturated heterocycles. The molecule has 1 saturated carbocycles. The number of carbonyl (C=O) groups excluding carboxylic acids is 1. The average molecular weight is 213 g/mol. The van der Waals surface area contributed by atoms with Crippen molar-refractivity contribution in [1.82, 2.24) is 10.2 Å². The van der Waals surface area contributed by atoms with Crippen molar-refractivity contribution in [3.05, 3.63) is 0 Å². The van der Waals surface area contributed by atoms with Gasteiger partial charge in [-0.1, -0.05) is 6.92 Å². The Morgan fingerprint density at radius 3 is 2.60 bits per heavy atom. The van der Waals surface area contributed by atoms with Crippen LogP contribution in [0.1, 0.15) is 33.1 Å². The van der Waals surface area contributed by atoms with Gasteiger partial charge in [0.2, 0.25) is 5.91 Å². The third-order valence-corrected chi connectivity index (χ3v) is 3.45. The number of likely N-dealkylation sites (N-methyl/N-ethyl adjacent to an activating group) is 1. The Balaban J connectivity index is 2.37. The Hall–Kier alpha value is -0.610. The lowest BCUT2D eigenvalue weighted by Crippen LogP contribution is -2.52. The van der Waals surface area contributed by atoms with E-state index < -0.39 is 0 Å². The third-order valence-electron chi connectivity index (χ3n) is 3.45. The molecule has 0 aromatic heterocycles. The molecule has 0 spiro atoms. The number of nitrogens with zero attached hydrogens (tertiary/aromatic N) is 1. The summed E-state index contributed by atoms with van der Waals surface area (Å²) in [6, 6.07) is 0.441. The molecule has 0 bridgehead atoms. The first-order chi connectivity index (χ1) is 7.01. The summed E-state index contributed by atoms with van der Waals surface area (Å²) < 4.78 is 0. The first-order valence-electron chi connectivity index (χ1n) is 5.72. The van der Waals surface area contributed by atoms with Gasteiger partial charge in [-0.15, -0.1) is 0 Å². The van der Waals surface area contributed by atoms with E-state index >= 15 is 0 Å². The minimum atomic E-state index is -0.0686. The molecule has 3 N–H and O–H groups in total. The van der Waals surface area contributed by atoms with Crippen LogP contribution in [0.5, 0.6) is 0 Å². The summed E-state index contributed by atoms with van der Waals surface area (Å²) in [7, 11) is 1.96. The average Bonchev–Trinajstić information content (AvgIpc) is 3.00. The summed E-state index contributed by atoms with van der Waals surface area (Å²) in [5.74, 6) is 0.119. The Kier molecular flexibility index (Phi) is 4.11. The first kappa shape index (κ1) is 12.5. The van der Waals surface area contributed by atoms with E-state index in [-0.39, 0.29) is 11.4 Å². The number of nitrogens with two attached hydrogens (primary N) is 1. The molecule has 4 nitrogen and oxygen atoms in total. The van der Waals surface area contributed by atoms with Crippen molar-refractivity contribution in [3.8, 4) is 0 Å². The van der Waals surface area contributed by atoms with Crippen molar-refractivity contribution < 1.29 is 4.79 Å². The van der Waals surface area contributed by atoms with Crippen molar-refractivity contribution in [2.24, 2.45) is 5.73 Å². The largest absolute Gasteiger partial charge is 0.352 e. The number of hydrogen-bond donors (Lipinski definition) is 2. The molecule has 0 aromatic rings. The van der Waals surface area contributed by atoms with Gasteiger partial charge in [-0.2, -0.15) is 0 Å². The van der Waals surface area contributed by atoms with E-state index in [0.717, 1.165) is 19.3 Å². The number of carbonyl (C=O) groups is 1. The van der Waals surface area contributed by atoms with Crippen LogP contribution in [-0.2, 0) is 4.79 Å². The van der Waals surface area contributed by atoms with Gasteiger partial charge in [0.05, 0.1) is 6.54 Å². The molecule has 0 radical (unpaired) electrons. The highest BCUT2D eigenvalue weighted by Gasteiger charge is 2.29. The summed E-state index contributed by atoms with van der Waals surface area (Å²) in [5, 5.41) is 2.98. The summed E-state index contributed by atoms with van der Waals surface area (Å²) in [6.45, 7) is 5.22. The maximum Gasteiger partial charge on any atom is 0.234 e. The molecule has 0 aliphatic heterocycles. The molecule has 1 aliphatic rings. The predicted molar refractivity (Wildman–Crippen MR) is 61.5 cm³/mol. The molecule has 1 amide bonds. The molecule has 1 unspecified atom stereocenters. The quantitative estimate of drug-likeness (QED) is 0.668. The van der Waals surface area contributed by atoms with E-state index in [1.165, 1.54) is 0 Å². The smallest absolute Gasteiger partial charge is 0.234 e. The second-order valence-corrected chi connectivity index (χ2v) is 4.75. The van der Waals surface area contributed by atoms with Crippen LogP contribution < -0.4 is 11.1 Å². The van der Waals surface area contributed by atoms with Gasteiger partial charge in [-0.05, 0) is 33.2 Å². The SMILES string of the molecule is CCC(C)(CN)N(C)CC(=O)NC1CC1. The molecule has 15 heavy (non-hydrogen) atoms. The van der Waals surface area contributed by atoms with Gasteiger partial charge in [0.1, 0.15) is 0 Å². The standard InChI is InChI=1S/C11H23N3O/c1-4-11(2,8-12)14(3)7-10(15)13-9-5-6-9/h9H,4-8,12H2,1-3H3,(H,13,15). The van der Waals surface area contributed by atoms with E-state index in [1.807, 2.05) is 11.9 Å². The van der Waals surface area contributed by atoms with Crippen LogP contribution in [0.3, 0.4) is 0 Å². The zero-order valence-electron chi connectivity index (χ0n) is 10.0. The van der Waals surface area contributed by atoms with Gasteiger partial charge in [0.15, 0.2) is 0 Å². The normalized spacial score (nSPS) is 20.1. The molecular formula is C11H23N3O. The van der Waals surface area contributed by atoms with Gasteiger partial charge in [0.25, 0.3) is 0 Å². The molecule has 1 atom stereocenters. The lowest BCUT2D eigenvalue weighted by molar-refractivity contribution is -0.123. The van der Waals surface area contributed by atoms with Crippen LogP contribution in [0, 0.1) is 0 Å². The number of rotatable bonds is 6. The van der Waals surface area contributed by atoms with Gasteiger partial charge >= 0.3 is 0 Å². The van der Waals surface area contributed by atoms with Crippen molar-refractivity contribution in [2.45, 2.75) is 44.7 Å². The number of nitrogens with one attached hydrogen (secondary N) is 1. The lowest BCUT2D eigenvalue weighted by atomic mass is 9.97. The molecule has 88 valence electrons. The van der Waals surface area contributed by atoms with Crippen LogP contribution in [0.15, 0.2) is 0 Å². The predicted octanol–water partition coefficient (Wildman–Crippen LogP) is 0.324. The highest BCUT2D eigenvalue weighted by Crippen LogP contribution is 2.19. The Labute approximate surface area is 92.2 Å². The van der Waals surface area contributed by atoms with Gasteiger partial charge in [0, 0.05) is 18.1 Å². The van der Waals surface area contributed by atoms with Crippen molar-refractivity contribution in [1.29, 1.82) is 0 Å².